The van der Waals surface area contributed by atoms with E-state index in [1.54, 1.807) is 0 Å². The SMILES string of the molecule is C[C@@H](O)CCCCN1c2ccccc2C=Cc2ccccc21. The molecule has 2 nitrogen and oxygen atoms in total. The second kappa shape index (κ2) is 6.80. The molecule has 0 unspecified atom stereocenters. The summed E-state index contributed by atoms with van der Waals surface area (Å²) < 4.78 is 0. The van der Waals surface area contributed by atoms with E-state index in [1.807, 2.05) is 6.92 Å². The zero-order valence-corrected chi connectivity index (χ0v) is 13.1. The van der Waals surface area contributed by atoms with Crippen LogP contribution in [0.4, 0.5) is 11.4 Å². The van der Waals surface area contributed by atoms with Crippen molar-refractivity contribution in [2.24, 2.45) is 0 Å². The van der Waals surface area contributed by atoms with Crippen LogP contribution in [0.15, 0.2) is 48.5 Å². The topological polar surface area (TPSA) is 23.5 Å². The van der Waals surface area contributed by atoms with Gasteiger partial charge in [0, 0.05) is 17.9 Å². The van der Waals surface area contributed by atoms with Gasteiger partial charge in [-0.3, -0.25) is 0 Å². The summed E-state index contributed by atoms with van der Waals surface area (Å²) in [6, 6.07) is 17.1. The van der Waals surface area contributed by atoms with Crippen LogP contribution >= 0.6 is 0 Å². The monoisotopic (exact) mass is 293 g/mol. The number of nitrogens with zero attached hydrogens (tertiary/aromatic N) is 1. The minimum Gasteiger partial charge on any atom is -0.393 e. The molecule has 3 rings (SSSR count). The molecule has 114 valence electrons. The Balaban J connectivity index is 1.88. The zero-order valence-electron chi connectivity index (χ0n) is 13.1. The summed E-state index contributed by atoms with van der Waals surface area (Å²) in [4.78, 5) is 2.41. The third-order valence-corrected chi connectivity index (χ3v) is 4.15. The van der Waals surface area contributed by atoms with Crippen molar-refractivity contribution in [2.45, 2.75) is 32.3 Å². The fraction of sp³-hybridized carbons (Fsp3) is 0.300. The maximum absolute atomic E-state index is 9.43. The maximum atomic E-state index is 9.43. The van der Waals surface area contributed by atoms with Gasteiger partial charge in [-0.1, -0.05) is 48.6 Å². The molecule has 2 aromatic rings. The lowest BCUT2D eigenvalue weighted by Crippen LogP contribution is -2.20. The van der Waals surface area contributed by atoms with Gasteiger partial charge in [0.15, 0.2) is 0 Å². The molecule has 0 bridgehead atoms. The normalized spacial score (nSPS) is 14.2. The second-order valence-corrected chi connectivity index (χ2v) is 5.95. The van der Waals surface area contributed by atoms with Crippen molar-refractivity contribution < 1.29 is 5.11 Å². The predicted octanol–water partition coefficient (Wildman–Crippen LogP) is 4.86. The van der Waals surface area contributed by atoms with Gasteiger partial charge in [-0.05, 0) is 49.4 Å². The largest absolute Gasteiger partial charge is 0.393 e. The van der Waals surface area contributed by atoms with Crippen molar-refractivity contribution in [2.75, 3.05) is 11.4 Å². The number of unbranched alkanes of at least 4 members (excludes halogenated alkanes) is 1. The van der Waals surface area contributed by atoms with E-state index in [9.17, 15) is 5.11 Å². The highest BCUT2D eigenvalue weighted by molar-refractivity contribution is 5.88. The molecule has 1 aliphatic heterocycles. The smallest absolute Gasteiger partial charge is 0.0512 e. The van der Waals surface area contributed by atoms with Crippen LogP contribution in [0.3, 0.4) is 0 Å². The molecule has 22 heavy (non-hydrogen) atoms. The molecule has 0 spiro atoms. The fourth-order valence-electron chi connectivity index (χ4n) is 3.01. The number of aliphatic hydroxyl groups excluding tert-OH is 1. The molecule has 0 amide bonds. The Hall–Kier alpha value is -2.06. The Bertz CT molecular complexity index is 611. The Morgan fingerprint density at radius 1 is 0.864 bits per heavy atom. The van der Waals surface area contributed by atoms with Crippen LogP contribution < -0.4 is 4.90 Å². The van der Waals surface area contributed by atoms with Crippen LogP contribution in [-0.2, 0) is 0 Å². The van der Waals surface area contributed by atoms with Crippen molar-refractivity contribution in [3.05, 3.63) is 59.7 Å². The van der Waals surface area contributed by atoms with Crippen molar-refractivity contribution in [1.82, 2.24) is 0 Å². The summed E-state index contributed by atoms with van der Waals surface area (Å²) in [6.07, 6.45) is 7.19. The number of benzene rings is 2. The molecule has 0 aliphatic carbocycles. The molecule has 0 radical (unpaired) electrons. The summed E-state index contributed by atoms with van der Waals surface area (Å²) in [5.74, 6) is 0. The number of rotatable bonds is 5. The summed E-state index contributed by atoms with van der Waals surface area (Å²) >= 11 is 0. The van der Waals surface area contributed by atoms with Gasteiger partial charge >= 0.3 is 0 Å². The van der Waals surface area contributed by atoms with Crippen molar-refractivity contribution in [3.8, 4) is 0 Å². The van der Waals surface area contributed by atoms with Gasteiger partial charge in [-0.25, -0.2) is 0 Å². The third-order valence-electron chi connectivity index (χ3n) is 4.15. The molecule has 1 atom stereocenters. The van der Waals surface area contributed by atoms with Gasteiger partial charge in [-0.15, -0.1) is 0 Å². The number of aliphatic hydroxyl groups is 1. The van der Waals surface area contributed by atoms with Gasteiger partial charge < -0.3 is 10.0 Å². The standard InChI is InChI=1S/C20H23NO/c1-16(22)8-6-7-15-21-19-11-4-2-9-17(19)13-14-18-10-3-5-12-20(18)21/h2-5,9-14,16,22H,6-8,15H2,1H3/t16-/m1/s1. The lowest BCUT2D eigenvalue weighted by molar-refractivity contribution is 0.181. The van der Waals surface area contributed by atoms with Gasteiger partial charge in [0.2, 0.25) is 0 Å². The molecule has 0 fully saturated rings. The first-order valence-corrected chi connectivity index (χ1v) is 8.07. The molecule has 1 aliphatic rings. The predicted molar refractivity (Wildman–Crippen MR) is 94.3 cm³/mol. The van der Waals surface area contributed by atoms with Crippen molar-refractivity contribution >= 4 is 23.5 Å². The van der Waals surface area contributed by atoms with E-state index in [-0.39, 0.29) is 6.10 Å². The van der Waals surface area contributed by atoms with Crippen LogP contribution in [0, 0.1) is 0 Å². The minimum atomic E-state index is -0.203. The summed E-state index contributed by atoms with van der Waals surface area (Å²) in [7, 11) is 0. The van der Waals surface area contributed by atoms with E-state index in [0.717, 1.165) is 25.8 Å². The van der Waals surface area contributed by atoms with Crippen LogP contribution in [0.25, 0.3) is 12.2 Å². The molecule has 1 heterocycles. The van der Waals surface area contributed by atoms with E-state index in [1.165, 1.54) is 22.5 Å². The van der Waals surface area contributed by atoms with Crippen molar-refractivity contribution in [1.29, 1.82) is 0 Å². The van der Waals surface area contributed by atoms with Gasteiger partial charge in [-0.2, -0.15) is 0 Å². The fourth-order valence-corrected chi connectivity index (χ4v) is 3.01. The molecule has 0 aromatic heterocycles. The average Bonchev–Trinajstić information content (AvgIpc) is 2.69. The van der Waals surface area contributed by atoms with Crippen LogP contribution in [0.5, 0.6) is 0 Å². The molecular weight excluding hydrogens is 270 g/mol. The summed E-state index contributed by atoms with van der Waals surface area (Å²) in [5.41, 5.74) is 5.05. The highest BCUT2D eigenvalue weighted by atomic mass is 16.3. The Labute approximate surface area is 132 Å². The number of para-hydroxylation sites is 2. The Morgan fingerprint density at radius 3 is 1.95 bits per heavy atom. The molecule has 2 aromatic carbocycles. The zero-order chi connectivity index (χ0) is 15.4. The molecule has 2 heteroatoms. The maximum Gasteiger partial charge on any atom is 0.0512 e. The van der Waals surface area contributed by atoms with Gasteiger partial charge in [0.05, 0.1) is 6.10 Å². The van der Waals surface area contributed by atoms with Crippen molar-refractivity contribution in [3.63, 3.8) is 0 Å². The van der Waals surface area contributed by atoms with Crippen LogP contribution in [0.1, 0.15) is 37.3 Å². The number of anilines is 2. The van der Waals surface area contributed by atoms with E-state index >= 15 is 0 Å². The minimum absolute atomic E-state index is 0.203. The molecule has 0 saturated carbocycles. The Morgan fingerprint density at radius 2 is 1.41 bits per heavy atom. The first kappa shape index (κ1) is 14.9. The number of hydrogen-bond acceptors (Lipinski definition) is 2. The molecule has 0 saturated heterocycles. The van der Waals surface area contributed by atoms with Crippen LogP contribution in [-0.4, -0.2) is 17.8 Å². The van der Waals surface area contributed by atoms with Gasteiger partial charge in [0.25, 0.3) is 0 Å². The van der Waals surface area contributed by atoms with Crippen LogP contribution in [0.2, 0.25) is 0 Å². The first-order chi connectivity index (χ1) is 10.8. The summed E-state index contributed by atoms with van der Waals surface area (Å²) in [5, 5.41) is 9.43. The average molecular weight is 293 g/mol. The lowest BCUT2D eigenvalue weighted by atomic mass is 10.1. The van der Waals surface area contributed by atoms with E-state index in [2.05, 4.69) is 65.6 Å². The Kier molecular flexibility index (Phi) is 4.59. The molecule has 1 N–H and O–H groups in total. The van der Waals surface area contributed by atoms with E-state index in [4.69, 9.17) is 0 Å². The lowest BCUT2D eigenvalue weighted by Gasteiger charge is -2.27. The highest BCUT2D eigenvalue weighted by Crippen LogP contribution is 2.36. The molecular formula is C20H23NO. The highest BCUT2D eigenvalue weighted by Gasteiger charge is 2.16. The quantitative estimate of drug-likeness (QED) is 0.796. The van der Waals surface area contributed by atoms with Gasteiger partial charge in [0.1, 0.15) is 0 Å². The van der Waals surface area contributed by atoms with E-state index in [0.29, 0.717) is 0 Å². The van der Waals surface area contributed by atoms with E-state index < -0.39 is 0 Å². The number of fused-ring (bicyclic) bond motifs is 2. The summed E-state index contributed by atoms with van der Waals surface area (Å²) in [6.45, 7) is 2.84. The first-order valence-electron chi connectivity index (χ1n) is 8.07. The number of hydrogen-bond donors (Lipinski definition) is 1. The second-order valence-electron chi connectivity index (χ2n) is 5.95. The third kappa shape index (κ3) is 3.23.